The number of carboxylic acids is 1. The number of carboxylic acid groups (broad SMARTS) is 1. The molecule has 0 heterocycles. The van der Waals surface area contributed by atoms with Gasteiger partial charge >= 0.3 is 0 Å². The molecule has 0 rings (SSSR count). The highest BCUT2D eigenvalue weighted by Crippen LogP contribution is 2.11. The van der Waals surface area contributed by atoms with E-state index in [-0.39, 0.29) is 0 Å². The van der Waals surface area contributed by atoms with Gasteiger partial charge in [-0.2, -0.15) is 0 Å². The Kier molecular flexibility index (Phi) is 13.3. The molecule has 0 aromatic heterocycles. The van der Waals surface area contributed by atoms with Crippen LogP contribution < -0.4 is 5.11 Å². The van der Waals surface area contributed by atoms with Crippen LogP contribution in [0.3, 0.4) is 0 Å². The third-order valence-corrected chi connectivity index (χ3v) is 3.10. The monoisotopic (exact) mass is 251 g/mol. The molecule has 0 fully saturated rings. The summed E-state index contributed by atoms with van der Waals surface area (Å²) in [5.74, 6) is 3.37. The van der Waals surface area contributed by atoms with Crippen molar-refractivity contribution in [3.05, 3.63) is 0 Å². The average molecular weight is 251 g/mol. The van der Waals surface area contributed by atoms with Gasteiger partial charge in [0.1, 0.15) is 5.97 Å². The molecule has 0 saturated carbocycles. The van der Waals surface area contributed by atoms with Crippen LogP contribution in [0.5, 0.6) is 0 Å². The van der Waals surface area contributed by atoms with Crippen LogP contribution in [0.2, 0.25) is 0 Å². The Balaban J connectivity index is 3.04. The van der Waals surface area contributed by atoms with Gasteiger partial charge in [-0.1, -0.05) is 77.1 Å². The van der Waals surface area contributed by atoms with E-state index in [0.29, 0.717) is 6.42 Å². The van der Waals surface area contributed by atoms with Crippen LogP contribution in [0.1, 0.15) is 84.0 Å². The molecule has 0 aromatic carbocycles. The summed E-state index contributed by atoms with van der Waals surface area (Å²) in [5, 5.41) is 10.0. The fourth-order valence-electron chi connectivity index (χ4n) is 2.01. The van der Waals surface area contributed by atoms with Gasteiger partial charge in [-0.3, -0.25) is 0 Å². The Hall–Kier alpha value is -0.970. The predicted molar refractivity (Wildman–Crippen MR) is 73.9 cm³/mol. The number of aliphatic carboxylic acids is 1. The van der Waals surface area contributed by atoms with Gasteiger partial charge in [0.05, 0.1) is 0 Å². The van der Waals surface area contributed by atoms with Crippen molar-refractivity contribution < 1.29 is 9.90 Å². The summed E-state index contributed by atoms with van der Waals surface area (Å²) in [5.41, 5.74) is 0. The normalized spacial score (nSPS) is 9.83. The van der Waals surface area contributed by atoms with Crippen molar-refractivity contribution in [2.75, 3.05) is 0 Å². The zero-order valence-electron chi connectivity index (χ0n) is 11.8. The van der Waals surface area contributed by atoms with Crippen molar-refractivity contribution in [1.82, 2.24) is 0 Å². The Morgan fingerprint density at radius 2 is 1.28 bits per heavy atom. The molecule has 2 heteroatoms. The Morgan fingerprint density at radius 1 is 0.833 bits per heavy atom. The van der Waals surface area contributed by atoms with Crippen LogP contribution in [0.15, 0.2) is 0 Å². The number of carbonyl (C=O) groups excluding carboxylic acids is 1. The average Bonchev–Trinajstić information content (AvgIpc) is 2.34. The van der Waals surface area contributed by atoms with E-state index in [4.69, 9.17) is 0 Å². The van der Waals surface area contributed by atoms with E-state index in [1.807, 2.05) is 5.92 Å². The van der Waals surface area contributed by atoms with Gasteiger partial charge in [0.2, 0.25) is 0 Å². The molecule has 0 aliphatic rings. The third kappa shape index (κ3) is 15.0. The number of unbranched alkanes of at least 4 members (excludes halogenated alkanes) is 11. The van der Waals surface area contributed by atoms with E-state index in [0.717, 1.165) is 12.8 Å². The Labute approximate surface area is 112 Å². The molecular weight excluding hydrogens is 224 g/mol. The highest BCUT2D eigenvalue weighted by atomic mass is 16.4. The second kappa shape index (κ2) is 14.1. The molecule has 104 valence electrons. The maximum atomic E-state index is 10.0. The lowest BCUT2D eigenvalue weighted by atomic mass is 10.1. The first-order valence-corrected chi connectivity index (χ1v) is 7.47. The molecule has 2 nitrogen and oxygen atoms in total. The maximum Gasteiger partial charge on any atom is 0.116 e. The Bertz CT molecular complexity index is 248. The molecule has 18 heavy (non-hydrogen) atoms. The van der Waals surface area contributed by atoms with Crippen LogP contribution >= 0.6 is 0 Å². The van der Waals surface area contributed by atoms with Crippen LogP contribution in [0.25, 0.3) is 0 Å². The smallest absolute Gasteiger partial charge is 0.116 e. The fraction of sp³-hybridized carbons (Fsp3) is 0.812. The number of rotatable bonds is 11. The van der Waals surface area contributed by atoms with E-state index in [1.54, 1.807) is 0 Å². The molecule has 0 bridgehead atoms. The van der Waals surface area contributed by atoms with Gasteiger partial charge in [-0.05, 0) is 12.3 Å². The molecule has 0 radical (unpaired) electrons. The van der Waals surface area contributed by atoms with Crippen LogP contribution in [-0.4, -0.2) is 5.97 Å². The van der Waals surface area contributed by atoms with Crippen LogP contribution in [0, 0.1) is 11.8 Å². The second-order valence-electron chi connectivity index (χ2n) is 4.87. The lowest BCUT2D eigenvalue weighted by Crippen LogP contribution is -2.19. The van der Waals surface area contributed by atoms with Gasteiger partial charge in [0.15, 0.2) is 0 Å². The van der Waals surface area contributed by atoms with E-state index in [1.165, 1.54) is 57.8 Å². The first-order valence-electron chi connectivity index (χ1n) is 7.47. The molecule has 0 amide bonds. The van der Waals surface area contributed by atoms with E-state index >= 15 is 0 Å². The molecule has 0 aliphatic heterocycles. The van der Waals surface area contributed by atoms with Crippen molar-refractivity contribution in [2.24, 2.45) is 0 Å². The fourth-order valence-corrected chi connectivity index (χ4v) is 2.01. The first kappa shape index (κ1) is 17.0. The van der Waals surface area contributed by atoms with Crippen LogP contribution in [-0.2, 0) is 4.79 Å². The summed E-state index contributed by atoms with van der Waals surface area (Å²) in [6.07, 6.45) is 15.0. The molecule has 0 aliphatic carbocycles. The van der Waals surface area contributed by atoms with Gasteiger partial charge in [-0.25, -0.2) is 0 Å². The van der Waals surface area contributed by atoms with E-state index < -0.39 is 5.97 Å². The number of hydrogen-bond acceptors (Lipinski definition) is 2. The lowest BCUT2D eigenvalue weighted by molar-refractivity contribution is -0.295. The number of carbonyl (C=O) groups is 1. The van der Waals surface area contributed by atoms with E-state index in [2.05, 4.69) is 12.8 Å². The van der Waals surface area contributed by atoms with Crippen molar-refractivity contribution >= 4 is 5.97 Å². The molecule has 0 N–H and O–H groups in total. The molecule has 0 unspecified atom stereocenters. The van der Waals surface area contributed by atoms with Crippen molar-refractivity contribution in [3.8, 4) is 11.8 Å². The number of hydrogen-bond donors (Lipinski definition) is 0. The summed E-state index contributed by atoms with van der Waals surface area (Å²) in [4.78, 5) is 10.0. The molecule has 0 atom stereocenters. The lowest BCUT2D eigenvalue weighted by Gasteiger charge is -2.01. The zero-order valence-corrected chi connectivity index (χ0v) is 11.8. The quantitative estimate of drug-likeness (QED) is 0.417. The van der Waals surface area contributed by atoms with Gasteiger partial charge < -0.3 is 9.90 Å². The zero-order chi connectivity index (χ0) is 13.5. The summed E-state index contributed by atoms with van der Waals surface area (Å²) in [7, 11) is 0. The maximum absolute atomic E-state index is 10.0. The standard InChI is InChI=1S/C16H28O2/c1-2-3-4-5-6-7-8-9-10-11-12-13-14-15-16(17)18/h2-13H2,1H3,(H,17,18)/p-1. The third-order valence-electron chi connectivity index (χ3n) is 3.10. The van der Waals surface area contributed by atoms with Gasteiger partial charge in [-0.15, -0.1) is 0 Å². The summed E-state index contributed by atoms with van der Waals surface area (Å²) < 4.78 is 0. The van der Waals surface area contributed by atoms with E-state index in [9.17, 15) is 9.90 Å². The van der Waals surface area contributed by atoms with Gasteiger partial charge in [0.25, 0.3) is 0 Å². The van der Waals surface area contributed by atoms with Crippen molar-refractivity contribution in [3.63, 3.8) is 0 Å². The highest BCUT2D eigenvalue weighted by Gasteiger charge is 1.92. The SMILES string of the molecule is CCCCCCCCCCCCCC#CC(=O)[O-]. The molecule has 0 spiro atoms. The van der Waals surface area contributed by atoms with Crippen molar-refractivity contribution in [2.45, 2.75) is 84.0 Å². The molecular formula is C16H27O2-. The summed E-state index contributed by atoms with van der Waals surface area (Å²) >= 11 is 0. The second-order valence-corrected chi connectivity index (χ2v) is 4.87. The minimum atomic E-state index is -1.27. The van der Waals surface area contributed by atoms with Crippen molar-refractivity contribution in [1.29, 1.82) is 0 Å². The van der Waals surface area contributed by atoms with Crippen LogP contribution in [0.4, 0.5) is 0 Å². The molecule has 0 saturated heterocycles. The summed E-state index contributed by atoms with van der Waals surface area (Å²) in [6, 6.07) is 0. The minimum Gasteiger partial charge on any atom is -0.537 e. The summed E-state index contributed by atoms with van der Waals surface area (Å²) in [6.45, 7) is 2.25. The first-order chi connectivity index (χ1) is 8.77. The Morgan fingerprint density at radius 3 is 1.72 bits per heavy atom. The highest BCUT2D eigenvalue weighted by molar-refractivity contribution is 5.84. The largest absolute Gasteiger partial charge is 0.537 e. The topological polar surface area (TPSA) is 40.1 Å². The van der Waals surface area contributed by atoms with Gasteiger partial charge in [0, 0.05) is 6.42 Å². The molecule has 0 aromatic rings. The minimum absolute atomic E-state index is 0.686. The predicted octanol–water partition coefficient (Wildman–Crippen LogP) is 3.44.